The average molecular weight is 188 g/mol. The molecule has 1 fully saturated rings. The van der Waals surface area contributed by atoms with Gasteiger partial charge in [0.25, 0.3) is 0 Å². The van der Waals surface area contributed by atoms with Crippen LogP contribution in [0.5, 0.6) is 0 Å². The minimum Gasteiger partial charge on any atom is -0.481 e. The molecule has 1 heterocycles. The highest BCUT2D eigenvalue weighted by Crippen LogP contribution is 2.33. The zero-order chi connectivity index (χ0) is 10.2. The quantitative estimate of drug-likeness (QED) is 0.565. The molecule has 0 aliphatic carbocycles. The van der Waals surface area contributed by atoms with Gasteiger partial charge >= 0.3 is 17.9 Å². The van der Waals surface area contributed by atoms with Gasteiger partial charge in [-0.05, 0) is 6.92 Å². The van der Waals surface area contributed by atoms with Gasteiger partial charge in [0.15, 0.2) is 0 Å². The number of carboxylic acids is 2. The van der Waals surface area contributed by atoms with Crippen molar-refractivity contribution in [1.29, 1.82) is 0 Å². The maximum atomic E-state index is 10.7. The van der Waals surface area contributed by atoms with Crippen LogP contribution in [-0.4, -0.2) is 33.7 Å². The fourth-order valence-electron chi connectivity index (χ4n) is 1.23. The van der Waals surface area contributed by atoms with Gasteiger partial charge in [-0.1, -0.05) is 0 Å². The molecular formula is C7H8O6. The normalized spacial score (nSPS) is 32.7. The highest BCUT2D eigenvalue weighted by Gasteiger charge is 2.55. The first-order valence-corrected chi connectivity index (χ1v) is 3.56. The summed E-state index contributed by atoms with van der Waals surface area (Å²) < 4.78 is 4.46. The lowest BCUT2D eigenvalue weighted by molar-refractivity contribution is -0.174. The van der Waals surface area contributed by atoms with Crippen molar-refractivity contribution in [2.75, 3.05) is 0 Å². The Balaban J connectivity index is 3.01. The number of esters is 1. The summed E-state index contributed by atoms with van der Waals surface area (Å²) in [5, 5.41) is 17.3. The highest BCUT2D eigenvalue weighted by molar-refractivity contribution is 5.93. The van der Waals surface area contributed by atoms with Crippen LogP contribution >= 0.6 is 0 Å². The number of carbonyl (C=O) groups is 3. The second kappa shape index (κ2) is 2.72. The Hall–Kier alpha value is -1.59. The monoisotopic (exact) mass is 188 g/mol. The number of carbonyl (C=O) groups excluding carboxylic acids is 1. The second-order valence-corrected chi connectivity index (χ2v) is 2.98. The zero-order valence-electron chi connectivity index (χ0n) is 6.81. The van der Waals surface area contributed by atoms with Gasteiger partial charge in [-0.15, -0.1) is 0 Å². The third kappa shape index (κ3) is 1.34. The lowest BCUT2D eigenvalue weighted by atomic mass is 9.89. The van der Waals surface area contributed by atoms with Gasteiger partial charge in [0.05, 0.1) is 6.42 Å². The first-order chi connectivity index (χ1) is 5.88. The van der Waals surface area contributed by atoms with Crippen LogP contribution in [-0.2, 0) is 19.1 Å². The molecule has 0 aromatic heterocycles. The molecule has 0 spiro atoms. The Labute approximate surface area is 73.1 Å². The molecule has 6 heteroatoms. The molecule has 72 valence electrons. The van der Waals surface area contributed by atoms with Crippen LogP contribution < -0.4 is 0 Å². The van der Waals surface area contributed by atoms with E-state index in [4.69, 9.17) is 10.2 Å². The number of cyclic esters (lactones) is 1. The number of hydrogen-bond acceptors (Lipinski definition) is 4. The number of ether oxygens (including phenoxy) is 1. The maximum Gasteiger partial charge on any atom is 0.348 e. The van der Waals surface area contributed by atoms with Crippen molar-refractivity contribution < 1.29 is 29.3 Å². The van der Waals surface area contributed by atoms with Gasteiger partial charge in [-0.25, -0.2) is 4.79 Å². The maximum absolute atomic E-state index is 10.7. The van der Waals surface area contributed by atoms with Crippen LogP contribution in [0.25, 0.3) is 0 Å². The Kier molecular flexibility index (Phi) is 1.99. The summed E-state index contributed by atoms with van der Waals surface area (Å²) in [5.41, 5.74) is -1.93. The molecule has 6 nitrogen and oxygen atoms in total. The summed E-state index contributed by atoms with van der Waals surface area (Å²) in [5.74, 6) is -4.88. The third-order valence-electron chi connectivity index (χ3n) is 2.08. The van der Waals surface area contributed by atoms with E-state index in [0.717, 1.165) is 6.92 Å². The Morgan fingerprint density at radius 1 is 1.54 bits per heavy atom. The van der Waals surface area contributed by atoms with Crippen LogP contribution in [0.1, 0.15) is 13.3 Å². The van der Waals surface area contributed by atoms with Crippen molar-refractivity contribution in [3.05, 3.63) is 0 Å². The molecule has 0 aromatic carbocycles. The minimum atomic E-state index is -1.93. The Bertz CT molecular complexity index is 283. The summed E-state index contributed by atoms with van der Waals surface area (Å²) in [6.45, 7) is 1.08. The molecule has 1 rings (SSSR count). The molecule has 2 N–H and O–H groups in total. The first-order valence-electron chi connectivity index (χ1n) is 3.56. The van der Waals surface area contributed by atoms with Gasteiger partial charge in [-0.2, -0.15) is 0 Å². The predicted octanol–water partition coefficient (Wildman–Crippen LogP) is -0.523. The lowest BCUT2D eigenvalue weighted by Gasteiger charge is -2.21. The Morgan fingerprint density at radius 3 is 2.38 bits per heavy atom. The largest absolute Gasteiger partial charge is 0.481 e. The SMILES string of the molecule is C[C@@]1(C(=O)O)OC(=O)C[C@@H]1C(=O)O. The molecule has 0 aromatic rings. The molecule has 13 heavy (non-hydrogen) atoms. The number of hydrogen-bond donors (Lipinski definition) is 2. The fraction of sp³-hybridized carbons (Fsp3) is 0.571. The molecule has 1 aliphatic rings. The lowest BCUT2D eigenvalue weighted by Crippen LogP contribution is -2.44. The standard InChI is InChI=1S/C7H8O6/c1-7(6(11)12)3(5(9)10)2-4(8)13-7/h3H,2H2,1H3,(H,9,10)(H,11,12)/t3-,7-/m1/s1. The molecule has 1 aliphatic heterocycles. The molecule has 0 amide bonds. The van der Waals surface area contributed by atoms with E-state index in [9.17, 15) is 14.4 Å². The summed E-state index contributed by atoms with van der Waals surface area (Å²) in [6, 6.07) is 0. The van der Waals surface area contributed by atoms with Crippen molar-refractivity contribution in [3.8, 4) is 0 Å². The second-order valence-electron chi connectivity index (χ2n) is 2.98. The Morgan fingerprint density at radius 2 is 2.08 bits per heavy atom. The van der Waals surface area contributed by atoms with Gasteiger partial charge in [0.2, 0.25) is 5.60 Å². The number of aliphatic carboxylic acids is 2. The highest BCUT2D eigenvalue weighted by atomic mass is 16.6. The van der Waals surface area contributed by atoms with Crippen LogP contribution in [0.15, 0.2) is 0 Å². The molecule has 0 unspecified atom stereocenters. The average Bonchev–Trinajstić information content (AvgIpc) is 2.27. The van der Waals surface area contributed by atoms with E-state index in [2.05, 4.69) is 4.74 Å². The third-order valence-corrected chi connectivity index (χ3v) is 2.08. The minimum absolute atomic E-state index is 0.391. The van der Waals surface area contributed by atoms with Crippen molar-refractivity contribution in [2.45, 2.75) is 18.9 Å². The number of carboxylic acid groups (broad SMARTS) is 2. The van der Waals surface area contributed by atoms with Gasteiger partial charge < -0.3 is 14.9 Å². The van der Waals surface area contributed by atoms with Crippen LogP contribution in [0.4, 0.5) is 0 Å². The molecular weight excluding hydrogens is 180 g/mol. The molecule has 0 saturated carbocycles. The van der Waals surface area contributed by atoms with E-state index in [1.807, 2.05) is 0 Å². The topological polar surface area (TPSA) is 101 Å². The molecule has 0 bridgehead atoms. The van der Waals surface area contributed by atoms with E-state index in [1.54, 1.807) is 0 Å². The zero-order valence-corrected chi connectivity index (χ0v) is 6.81. The van der Waals surface area contributed by atoms with E-state index in [-0.39, 0.29) is 0 Å². The smallest absolute Gasteiger partial charge is 0.348 e. The van der Waals surface area contributed by atoms with Gasteiger partial charge in [0, 0.05) is 0 Å². The molecule has 2 atom stereocenters. The summed E-state index contributed by atoms with van der Waals surface area (Å²) in [4.78, 5) is 31.9. The summed E-state index contributed by atoms with van der Waals surface area (Å²) in [7, 11) is 0. The van der Waals surface area contributed by atoms with Crippen LogP contribution in [0.3, 0.4) is 0 Å². The van der Waals surface area contributed by atoms with Crippen LogP contribution in [0, 0.1) is 5.92 Å². The summed E-state index contributed by atoms with van der Waals surface area (Å²) >= 11 is 0. The molecule has 0 radical (unpaired) electrons. The van der Waals surface area contributed by atoms with Crippen molar-refractivity contribution in [2.24, 2.45) is 5.92 Å². The van der Waals surface area contributed by atoms with E-state index < -0.39 is 35.8 Å². The van der Waals surface area contributed by atoms with Crippen molar-refractivity contribution in [1.82, 2.24) is 0 Å². The molecule has 1 saturated heterocycles. The van der Waals surface area contributed by atoms with E-state index in [0.29, 0.717) is 0 Å². The number of rotatable bonds is 2. The fourth-order valence-corrected chi connectivity index (χ4v) is 1.23. The first kappa shape index (κ1) is 9.50. The predicted molar refractivity (Wildman–Crippen MR) is 37.9 cm³/mol. The van der Waals surface area contributed by atoms with E-state index >= 15 is 0 Å². The van der Waals surface area contributed by atoms with Crippen molar-refractivity contribution >= 4 is 17.9 Å². The van der Waals surface area contributed by atoms with Crippen LogP contribution in [0.2, 0.25) is 0 Å². The van der Waals surface area contributed by atoms with Gasteiger partial charge in [-0.3, -0.25) is 9.59 Å². The van der Waals surface area contributed by atoms with E-state index in [1.165, 1.54) is 0 Å². The van der Waals surface area contributed by atoms with Gasteiger partial charge in [0.1, 0.15) is 5.92 Å². The van der Waals surface area contributed by atoms with Crippen molar-refractivity contribution in [3.63, 3.8) is 0 Å². The summed E-state index contributed by atoms with van der Waals surface area (Å²) in [6.07, 6.45) is -0.391.